The van der Waals surface area contributed by atoms with E-state index in [1.807, 2.05) is 6.07 Å². The summed E-state index contributed by atoms with van der Waals surface area (Å²) in [6, 6.07) is 8.59. The highest BCUT2D eigenvalue weighted by atomic mass is 32.1. The van der Waals surface area contributed by atoms with Crippen molar-refractivity contribution in [1.29, 1.82) is 0 Å². The normalized spacial score (nSPS) is 11.0. The molecule has 0 radical (unpaired) electrons. The number of pyridine rings is 1. The van der Waals surface area contributed by atoms with Gasteiger partial charge in [-0.2, -0.15) is 0 Å². The Morgan fingerprint density at radius 2 is 2.19 bits per heavy atom. The Bertz CT molecular complexity index is 1100. The number of aromatic nitrogens is 4. The average Bonchev–Trinajstić information content (AvgIpc) is 3.26. The lowest BCUT2D eigenvalue weighted by atomic mass is 10.1. The van der Waals surface area contributed by atoms with Gasteiger partial charge >= 0.3 is 0 Å². The minimum Gasteiger partial charge on any atom is -0.298 e. The van der Waals surface area contributed by atoms with Crippen LogP contribution in [0.25, 0.3) is 5.65 Å². The molecule has 130 valence electrons. The molecule has 4 rings (SSSR count). The van der Waals surface area contributed by atoms with E-state index in [2.05, 4.69) is 20.5 Å². The summed E-state index contributed by atoms with van der Waals surface area (Å²) in [6.45, 7) is 1.73. The van der Waals surface area contributed by atoms with E-state index in [4.69, 9.17) is 0 Å². The van der Waals surface area contributed by atoms with Crippen molar-refractivity contribution in [2.45, 2.75) is 13.3 Å². The minimum absolute atomic E-state index is 0.218. The third-order valence-corrected chi connectivity index (χ3v) is 4.85. The number of thiazole rings is 1. The first-order valence-corrected chi connectivity index (χ1v) is 8.70. The van der Waals surface area contributed by atoms with Crippen molar-refractivity contribution in [2.75, 3.05) is 5.32 Å². The van der Waals surface area contributed by atoms with Crippen LogP contribution in [0.4, 0.5) is 9.52 Å². The molecule has 3 aromatic heterocycles. The molecular weight excluding hydrogens is 353 g/mol. The highest BCUT2D eigenvalue weighted by Gasteiger charge is 2.11. The maximum atomic E-state index is 13.7. The van der Waals surface area contributed by atoms with Crippen LogP contribution in [0.15, 0.2) is 49.1 Å². The predicted octanol–water partition coefficient (Wildman–Crippen LogP) is 3.48. The number of hydrogen-bond donors (Lipinski definition) is 1. The van der Waals surface area contributed by atoms with E-state index in [1.165, 1.54) is 23.7 Å². The van der Waals surface area contributed by atoms with E-state index in [9.17, 15) is 9.18 Å². The summed E-state index contributed by atoms with van der Waals surface area (Å²) in [5, 5.41) is 11.0. The van der Waals surface area contributed by atoms with Crippen LogP contribution < -0.4 is 5.32 Å². The predicted molar refractivity (Wildman–Crippen MR) is 97.0 cm³/mol. The molecular formula is C18H14FN5OS. The molecule has 26 heavy (non-hydrogen) atoms. The zero-order chi connectivity index (χ0) is 18.1. The number of benzene rings is 1. The van der Waals surface area contributed by atoms with Crippen molar-refractivity contribution in [3.63, 3.8) is 0 Å². The van der Waals surface area contributed by atoms with Crippen molar-refractivity contribution in [3.8, 4) is 0 Å². The van der Waals surface area contributed by atoms with E-state index < -0.39 is 0 Å². The third kappa shape index (κ3) is 3.31. The molecule has 3 heterocycles. The molecule has 0 atom stereocenters. The molecule has 4 aromatic rings. The highest BCUT2D eigenvalue weighted by Crippen LogP contribution is 2.22. The zero-order valence-electron chi connectivity index (χ0n) is 13.8. The standard InChI is InChI=1S/C18H14FN5OS/c1-11-2-3-12(7-15(11)19)6-14-8-20-18(26-14)22-17(25)13-4-5-16-23-21-10-24(16)9-13/h2-5,7-10H,6H2,1H3,(H,20,22,25). The van der Waals surface area contributed by atoms with Crippen LogP contribution in [-0.4, -0.2) is 25.5 Å². The highest BCUT2D eigenvalue weighted by molar-refractivity contribution is 7.15. The molecule has 0 unspecified atom stereocenters. The van der Waals surface area contributed by atoms with Crippen LogP contribution in [0.1, 0.15) is 26.4 Å². The number of hydrogen-bond acceptors (Lipinski definition) is 5. The van der Waals surface area contributed by atoms with Crippen LogP contribution in [0, 0.1) is 12.7 Å². The lowest BCUT2D eigenvalue weighted by molar-refractivity contribution is 0.102. The smallest absolute Gasteiger partial charge is 0.258 e. The fraction of sp³-hybridized carbons (Fsp3) is 0.111. The number of amides is 1. The van der Waals surface area contributed by atoms with E-state index >= 15 is 0 Å². The summed E-state index contributed by atoms with van der Waals surface area (Å²) < 4.78 is 15.3. The summed E-state index contributed by atoms with van der Waals surface area (Å²) in [5.74, 6) is -0.479. The van der Waals surface area contributed by atoms with Crippen molar-refractivity contribution >= 4 is 28.0 Å². The van der Waals surface area contributed by atoms with Crippen LogP contribution in [-0.2, 0) is 6.42 Å². The fourth-order valence-electron chi connectivity index (χ4n) is 2.53. The lowest BCUT2D eigenvalue weighted by Gasteiger charge is -2.02. The molecule has 0 aliphatic heterocycles. The summed E-state index contributed by atoms with van der Waals surface area (Å²) in [5.41, 5.74) is 2.64. The van der Waals surface area contributed by atoms with Gasteiger partial charge in [0.25, 0.3) is 5.91 Å². The third-order valence-electron chi connectivity index (χ3n) is 3.94. The summed E-state index contributed by atoms with van der Waals surface area (Å²) >= 11 is 1.37. The van der Waals surface area contributed by atoms with Gasteiger partial charge in [-0.25, -0.2) is 9.37 Å². The second-order valence-corrected chi connectivity index (χ2v) is 6.98. The summed E-state index contributed by atoms with van der Waals surface area (Å²) in [6.07, 6.45) is 5.46. The fourth-order valence-corrected chi connectivity index (χ4v) is 3.37. The molecule has 1 N–H and O–H groups in total. The molecule has 0 aliphatic rings. The number of halogens is 1. The van der Waals surface area contributed by atoms with Crippen molar-refractivity contribution in [3.05, 3.63) is 76.4 Å². The van der Waals surface area contributed by atoms with Gasteiger partial charge in [-0.1, -0.05) is 12.1 Å². The van der Waals surface area contributed by atoms with E-state index in [0.29, 0.717) is 28.3 Å². The van der Waals surface area contributed by atoms with Crippen molar-refractivity contribution in [1.82, 2.24) is 19.6 Å². The Morgan fingerprint density at radius 1 is 1.31 bits per heavy atom. The monoisotopic (exact) mass is 367 g/mol. The van der Waals surface area contributed by atoms with Gasteiger partial charge in [0.1, 0.15) is 12.1 Å². The number of fused-ring (bicyclic) bond motifs is 1. The number of rotatable bonds is 4. The first-order valence-electron chi connectivity index (χ1n) is 7.89. The van der Waals surface area contributed by atoms with Gasteiger partial charge in [0, 0.05) is 23.7 Å². The molecule has 0 bridgehead atoms. The van der Waals surface area contributed by atoms with Gasteiger partial charge in [-0.3, -0.25) is 14.5 Å². The van der Waals surface area contributed by atoms with Crippen molar-refractivity contribution in [2.24, 2.45) is 0 Å². The molecule has 8 heteroatoms. The van der Waals surface area contributed by atoms with Crippen LogP contribution in [0.2, 0.25) is 0 Å². The largest absolute Gasteiger partial charge is 0.298 e. The molecule has 6 nitrogen and oxygen atoms in total. The molecule has 0 saturated carbocycles. The van der Waals surface area contributed by atoms with Gasteiger partial charge in [-0.05, 0) is 36.2 Å². The lowest BCUT2D eigenvalue weighted by Crippen LogP contribution is -2.12. The maximum absolute atomic E-state index is 13.7. The number of nitrogens with one attached hydrogen (secondary N) is 1. The molecule has 1 amide bonds. The first kappa shape index (κ1) is 16.3. The second kappa shape index (κ2) is 6.64. The number of carbonyl (C=O) groups excluding carboxylic acids is 1. The summed E-state index contributed by atoms with van der Waals surface area (Å²) in [4.78, 5) is 17.6. The Balaban J connectivity index is 1.47. The minimum atomic E-state index is -0.261. The molecule has 0 aliphatic carbocycles. The van der Waals surface area contributed by atoms with Crippen LogP contribution in [0.3, 0.4) is 0 Å². The van der Waals surface area contributed by atoms with E-state index in [-0.39, 0.29) is 11.7 Å². The van der Waals surface area contributed by atoms with Gasteiger partial charge in [-0.15, -0.1) is 21.5 Å². The number of carbonyl (C=O) groups is 1. The molecule has 0 fully saturated rings. The topological polar surface area (TPSA) is 72.2 Å². The molecule has 0 spiro atoms. The van der Waals surface area contributed by atoms with Gasteiger partial charge in [0.15, 0.2) is 10.8 Å². The van der Waals surface area contributed by atoms with Crippen LogP contribution >= 0.6 is 11.3 Å². The quantitative estimate of drug-likeness (QED) is 0.599. The first-order chi connectivity index (χ1) is 12.6. The average molecular weight is 367 g/mol. The van der Waals surface area contributed by atoms with E-state index in [1.54, 1.807) is 41.9 Å². The van der Waals surface area contributed by atoms with Crippen molar-refractivity contribution < 1.29 is 9.18 Å². The SMILES string of the molecule is Cc1ccc(Cc2cnc(NC(=O)c3ccc4nncn4c3)s2)cc1F. The summed E-state index contributed by atoms with van der Waals surface area (Å²) in [7, 11) is 0. The van der Waals surface area contributed by atoms with Gasteiger partial charge < -0.3 is 0 Å². The number of nitrogens with zero attached hydrogens (tertiary/aromatic N) is 4. The Kier molecular flexibility index (Phi) is 4.18. The molecule has 1 aromatic carbocycles. The van der Waals surface area contributed by atoms with Gasteiger partial charge in [0.2, 0.25) is 0 Å². The van der Waals surface area contributed by atoms with E-state index in [0.717, 1.165) is 10.4 Å². The number of aryl methyl sites for hydroxylation is 1. The Morgan fingerprint density at radius 3 is 3.04 bits per heavy atom. The number of anilines is 1. The Hall–Kier alpha value is -3.13. The second-order valence-electron chi connectivity index (χ2n) is 5.86. The van der Waals surface area contributed by atoms with Gasteiger partial charge in [0.05, 0.1) is 5.56 Å². The molecule has 0 saturated heterocycles. The maximum Gasteiger partial charge on any atom is 0.258 e. The Labute approximate surface area is 152 Å². The zero-order valence-corrected chi connectivity index (χ0v) is 14.6. The van der Waals surface area contributed by atoms with Crippen LogP contribution in [0.5, 0.6) is 0 Å².